The summed E-state index contributed by atoms with van der Waals surface area (Å²) in [5.41, 5.74) is -6.35. The first-order chi connectivity index (χ1) is 13.3. The molecule has 0 heterocycles. The molecular weight excluding hydrogens is 375 g/mol. The molecule has 0 bridgehead atoms. The Morgan fingerprint density at radius 1 is 1.28 bits per heavy atom. The first kappa shape index (κ1) is 20.9. The van der Waals surface area contributed by atoms with Crippen molar-refractivity contribution in [2.75, 3.05) is 6.61 Å². The molecular formula is C23H31FO5. The molecule has 0 radical (unpaired) electrons. The van der Waals surface area contributed by atoms with Crippen molar-refractivity contribution >= 4 is 11.6 Å². The topological polar surface area (TPSA) is 94.8 Å². The molecule has 0 spiro atoms. The number of aliphatic hydroxyl groups is 3. The molecule has 0 aromatic heterocycles. The second kappa shape index (κ2) is 5.86. The summed E-state index contributed by atoms with van der Waals surface area (Å²) in [5, 5.41) is 32.3. The summed E-state index contributed by atoms with van der Waals surface area (Å²) in [6.07, 6.45) is 4.33. The van der Waals surface area contributed by atoms with Crippen molar-refractivity contribution in [1.29, 1.82) is 0 Å². The van der Waals surface area contributed by atoms with Gasteiger partial charge in [-0.3, -0.25) is 9.59 Å². The zero-order chi connectivity index (χ0) is 21.6. The second-order valence-electron chi connectivity index (χ2n) is 10.4. The van der Waals surface area contributed by atoms with Gasteiger partial charge in [-0.15, -0.1) is 0 Å². The number of alkyl halides is 1. The molecule has 160 valence electrons. The fourth-order valence-corrected chi connectivity index (χ4v) is 7.87. The van der Waals surface area contributed by atoms with Gasteiger partial charge in [-0.1, -0.05) is 32.4 Å². The number of Topliss-reactive ketones (excluding diaryl/α,β-unsaturated/α-hetero) is 1. The molecule has 3 saturated carbocycles. The summed E-state index contributed by atoms with van der Waals surface area (Å²) < 4.78 is 17.2. The molecule has 4 aliphatic carbocycles. The first-order valence-corrected chi connectivity index (χ1v) is 10.5. The normalized spacial score (nSPS) is 53.7. The molecule has 0 saturated heterocycles. The molecule has 6 heteroatoms. The average molecular weight is 406 g/mol. The van der Waals surface area contributed by atoms with Crippen LogP contribution in [0.5, 0.6) is 0 Å². The quantitative estimate of drug-likeness (QED) is 0.654. The Kier molecular flexibility index (Phi) is 4.22. The molecule has 4 rings (SSSR count). The van der Waals surface area contributed by atoms with Gasteiger partial charge in [0.05, 0.1) is 6.10 Å². The van der Waals surface area contributed by atoms with E-state index in [-0.39, 0.29) is 18.1 Å². The Hall–Kier alpha value is -1.37. The minimum atomic E-state index is -2.04. The lowest BCUT2D eigenvalue weighted by Crippen LogP contribution is -2.73. The van der Waals surface area contributed by atoms with Crippen LogP contribution in [0.1, 0.15) is 53.4 Å². The Morgan fingerprint density at radius 2 is 1.93 bits per heavy atom. The van der Waals surface area contributed by atoms with E-state index in [9.17, 15) is 24.9 Å². The fourth-order valence-electron chi connectivity index (χ4n) is 7.87. The number of rotatable bonds is 2. The molecule has 0 aromatic carbocycles. The predicted octanol–water partition coefficient (Wildman–Crippen LogP) is 2.29. The van der Waals surface area contributed by atoms with E-state index < -0.39 is 51.9 Å². The molecule has 3 unspecified atom stereocenters. The third-order valence-corrected chi connectivity index (χ3v) is 9.42. The lowest BCUT2D eigenvalue weighted by Gasteiger charge is -2.67. The molecule has 3 N–H and O–H groups in total. The van der Waals surface area contributed by atoms with Crippen molar-refractivity contribution < 1.29 is 29.3 Å². The number of fused-ring (bicyclic) bond motifs is 5. The smallest absolute Gasteiger partial charge is 0.190 e. The average Bonchev–Trinajstić information content (AvgIpc) is 2.87. The van der Waals surface area contributed by atoms with E-state index in [2.05, 4.69) is 0 Å². The first-order valence-electron chi connectivity index (χ1n) is 10.5. The van der Waals surface area contributed by atoms with Crippen LogP contribution in [-0.4, -0.2) is 50.9 Å². The molecule has 3 fully saturated rings. The van der Waals surface area contributed by atoms with Crippen molar-refractivity contribution in [2.45, 2.75) is 70.8 Å². The van der Waals surface area contributed by atoms with Crippen LogP contribution in [0.3, 0.4) is 0 Å². The van der Waals surface area contributed by atoms with Crippen LogP contribution in [0.2, 0.25) is 0 Å². The van der Waals surface area contributed by atoms with Crippen LogP contribution in [0.15, 0.2) is 23.8 Å². The number of hydrogen-bond acceptors (Lipinski definition) is 5. The molecule has 0 aliphatic heterocycles. The maximum absolute atomic E-state index is 17.2. The number of carbonyl (C=O) groups is 2. The highest BCUT2D eigenvalue weighted by molar-refractivity contribution is 6.01. The monoisotopic (exact) mass is 406 g/mol. The van der Waals surface area contributed by atoms with Gasteiger partial charge in [0.1, 0.15) is 12.2 Å². The zero-order valence-electron chi connectivity index (χ0n) is 17.5. The summed E-state index contributed by atoms with van der Waals surface area (Å²) in [6.45, 7) is 6.31. The number of ketones is 2. The minimum absolute atomic E-state index is 0.0823. The van der Waals surface area contributed by atoms with Gasteiger partial charge in [0.2, 0.25) is 0 Å². The van der Waals surface area contributed by atoms with Crippen LogP contribution in [0, 0.1) is 28.1 Å². The van der Waals surface area contributed by atoms with Crippen LogP contribution in [-0.2, 0) is 9.59 Å². The molecule has 0 aromatic rings. The van der Waals surface area contributed by atoms with Crippen molar-refractivity contribution in [3.05, 3.63) is 23.8 Å². The van der Waals surface area contributed by atoms with Crippen molar-refractivity contribution in [3.63, 3.8) is 0 Å². The predicted molar refractivity (Wildman–Crippen MR) is 105 cm³/mol. The largest absolute Gasteiger partial charge is 0.390 e. The van der Waals surface area contributed by atoms with Crippen LogP contribution < -0.4 is 0 Å². The SMILES string of the molecule is C[C@@H]1C[C@H]2C3(C)CCC4=CC(=O)C=CC4(C)[C@@]3(F)[C@@H](O)CC2(C)[C@@]1(O)C(=O)CO. The van der Waals surface area contributed by atoms with Gasteiger partial charge in [0.25, 0.3) is 0 Å². The third kappa shape index (κ3) is 2.06. The lowest BCUT2D eigenvalue weighted by molar-refractivity contribution is -0.255. The van der Waals surface area contributed by atoms with Gasteiger partial charge in [-0.05, 0) is 56.6 Å². The van der Waals surface area contributed by atoms with Gasteiger partial charge >= 0.3 is 0 Å². The zero-order valence-corrected chi connectivity index (χ0v) is 17.5. The Labute approximate surface area is 170 Å². The number of hydrogen-bond donors (Lipinski definition) is 3. The molecule has 4 aliphatic rings. The molecule has 0 amide bonds. The molecule has 29 heavy (non-hydrogen) atoms. The summed E-state index contributed by atoms with van der Waals surface area (Å²) in [4.78, 5) is 24.6. The Balaban J connectivity index is 1.90. The second-order valence-corrected chi connectivity index (χ2v) is 10.4. The number of carbonyl (C=O) groups excluding carboxylic acids is 2. The lowest BCUT2D eigenvalue weighted by atomic mass is 9.39. The van der Waals surface area contributed by atoms with E-state index in [1.165, 1.54) is 12.2 Å². The van der Waals surface area contributed by atoms with E-state index in [0.29, 0.717) is 24.8 Å². The molecule has 5 nitrogen and oxygen atoms in total. The van der Waals surface area contributed by atoms with Crippen molar-refractivity contribution in [1.82, 2.24) is 0 Å². The molecule has 8 atom stereocenters. The van der Waals surface area contributed by atoms with Crippen LogP contribution in [0.25, 0.3) is 0 Å². The summed E-state index contributed by atoms with van der Waals surface area (Å²) in [6, 6.07) is 0. The third-order valence-electron chi connectivity index (χ3n) is 9.42. The van der Waals surface area contributed by atoms with E-state index in [0.717, 1.165) is 0 Å². The highest BCUT2D eigenvalue weighted by atomic mass is 19.1. The highest BCUT2D eigenvalue weighted by Crippen LogP contribution is 2.75. The maximum Gasteiger partial charge on any atom is 0.190 e. The number of halogens is 1. The summed E-state index contributed by atoms with van der Waals surface area (Å²) >= 11 is 0. The minimum Gasteiger partial charge on any atom is -0.390 e. The van der Waals surface area contributed by atoms with Crippen LogP contribution >= 0.6 is 0 Å². The van der Waals surface area contributed by atoms with E-state index in [4.69, 9.17) is 0 Å². The van der Waals surface area contributed by atoms with Crippen LogP contribution in [0.4, 0.5) is 4.39 Å². The Morgan fingerprint density at radius 3 is 2.55 bits per heavy atom. The van der Waals surface area contributed by atoms with Gasteiger partial charge in [0.15, 0.2) is 17.2 Å². The van der Waals surface area contributed by atoms with E-state index in [1.54, 1.807) is 26.8 Å². The Bertz CT molecular complexity index is 850. The maximum atomic E-state index is 17.2. The van der Waals surface area contributed by atoms with Gasteiger partial charge < -0.3 is 15.3 Å². The van der Waals surface area contributed by atoms with Crippen molar-refractivity contribution in [2.24, 2.45) is 28.1 Å². The summed E-state index contributed by atoms with van der Waals surface area (Å²) in [5.74, 6) is -1.65. The van der Waals surface area contributed by atoms with Gasteiger partial charge in [-0.25, -0.2) is 4.39 Å². The van der Waals surface area contributed by atoms with E-state index in [1.807, 2.05) is 6.92 Å². The standard InChI is InChI=1S/C23H31FO5/c1-13-9-16-20(3)7-5-14-10-15(26)6-8-19(14,2)23(20,24)17(27)11-21(16,4)22(13,29)18(28)12-25/h6,8,10,13,16-17,25,27,29H,5,7,9,11-12H2,1-4H3/t13-,16+,17+,19?,20?,21?,22+,23+/m1/s1. The van der Waals surface area contributed by atoms with Crippen molar-refractivity contribution in [3.8, 4) is 0 Å². The highest BCUT2D eigenvalue weighted by Gasteiger charge is 2.79. The number of aliphatic hydroxyl groups excluding tert-OH is 2. The fraction of sp³-hybridized carbons (Fsp3) is 0.739. The van der Waals surface area contributed by atoms with Gasteiger partial charge in [0, 0.05) is 16.2 Å². The summed E-state index contributed by atoms with van der Waals surface area (Å²) in [7, 11) is 0. The number of allylic oxidation sites excluding steroid dienone is 4. The van der Waals surface area contributed by atoms with Gasteiger partial charge in [-0.2, -0.15) is 0 Å². The van der Waals surface area contributed by atoms with E-state index >= 15 is 4.39 Å².